The molecule has 1 fully saturated rings. The average Bonchev–Trinajstić information content (AvgIpc) is 2.69. The van der Waals surface area contributed by atoms with Crippen LogP contribution in [0.25, 0.3) is 0 Å². The minimum absolute atomic E-state index is 0.0768. The molecule has 0 aliphatic carbocycles. The number of hydrogen-bond donors (Lipinski definition) is 3. The molecule has 29 heavy (non-hydrogen) atoms. The molecule has 3 rings (SSSR count). The van der Waals surface area contributed by atoms with Crippen LogP contribution in [0.1, 0.15) is 21.5 Å². The van der Waals surface area contributed by atoms with Gasteiger partial charge < -0.3 is 10.2 Å². The van der Waals surface area contributed by atoms with E-state index < -0.39 is 21.0 Å². The number of nitrogens with one attached hydrogen (secondary N) is 2. The van der Waals surface area contributed by atoms with Gasteiger partial charge in [0.1, 0.15) is 0 Å². The third-order valence-corrected chi connectivity index (χ3v) is 7.03. The Morgan fingerprint density at radius 1 is 1.17 bits per heavy atom. The van der Waals surface area contributed by atoms with Crippen molar-refractivity contribution in [3.63, 3.8) is 0 Å². The zero-order valence-electron chi connectivity index (χ0n) is 16.1. The molecule has 2 aromatic rings. The van der Waals surface area contributed by atoms with Crippen LogP contribution in [0.5, 0.6) is 0 Å². The van der Waals surface area contributed by atoms with Crippen LogP contribution in [0.4, 0.5) is 10.5 Å². The molecule has 9 heteroatoms. The number of amides is 3. The summed E-state index contributed by atoms with van der Waals surface area (Å²) >= 11 is 0. The van der Waals surface area contributed by atoms with Crippen molar-refractivity contribution in [3.8, 4) is 0 Å². The maximum absolute atomic E-state index is 12.6. The Labute approximate surface area is 170 Å². The van der Waals surface area contributed by atoms with Gasteiger partial charge in [-0.15, -0.1) is 0 Å². The van der Waals surface area contributed by atoms with E-state index >= 15 is 0 Å². The molecule has 0 aromatic heterocycles. The second kappa shape index (κ2) is 8.62. The first-order valence-electron chi connectivity index (χ1n) is 9.22. The van der Waals surface area contributed by atoms with Crippen molar-refractivity contribution < 1.29 is 18.0 Å². The number of urea groups is 1. The number of rotatable bonds is 4. The van der Waals surface area contributed by atoms with Crippen molar-refractivity contribution in [2.24, 2.45) is 5.84 Å². The fraction of sp³-hybridized carbons (Fsp3) is 0.300. The van der Waals surface area contributed by atoms with Crippen LogP contribution in [-0.4, -0.2) is 49.3 Å². The number of sulfone groups is 1. The Hall–Kier alpha value is -2.91. The molecule has 8 nitrogen and oxygen atoms in total. The number of nitrogen functional groups attached to an aromatic ring is 1. The molecular formula is C20H24N4O4S. The van der Waals surface area contributed by atoms with E-state index in [-0.39, 0.29) is 31.3 Å². The second-order valence-corrected chi connectivity index (χ2v) is 9.51. The largest absolute Gasteiger partial charge is 0.322 e. The second-order valence-electron chi connectivity index (χ2n) is 7.11. The molecule has 1 saturated heterocycles. The molecule has 3 amide bonds. The molecule has 1 heterocycles. The molecule has 154 valence electrons. The Balaban J connectivity index is 1.69. The highest BCUT2D eigenvalue weighted by Gasteiger charge is 2.35. The first-order valence-corrected chi connectivity index (χ1v) is 10.9. The first-order chi connectivity index (χ1) is 13.8. The third kappa shape index (κ3) is 5.12. The van der Waals surface area contributed by atoms with Crippen LogP contribution in [-0.2, 0) is 16.3 Å². The fourth-order valence-corrected chi connectivity index (χ4v) is 4.96. The number of aryl methyl sites for hydroxylation is 1. The summed E-state index contributed by atoms with van der Waals surface area (Å²) in [5.41, 5.74) is 4.91. The highest BCUT2D eigenvalue weighted by molar-refractivity contribution is 7.92. The molecule has 1 atom stereocenters. The van der Waals surface area contributed by atoms with E-state index in [0.717, 1.165) is 11.1 Å². The van der Waals surface area contributed by atoms with Gasteiger partial charge in [-0.05, 0) is 48.7 Å². The zero-order chi connectivity index (χ0) is 21.0. The zero-order valence-corrected chi connectivity index (χ0v) is 16.9. The molecule has 1 unspecified atom stereocenters. The van der Waals surface area contributed by atoms with Gasteiger partial charge >= 0.3 is 6.03 Å². The van der Waals surface area contributed by atoms with Crippen LogP contribution >= 0.6 is 0 Å². The van der Waals surface area contributed by atoms with Crippen molar-refractivity contribution in [2.45, 2.75) is 18.6 Å². The molecule has 0 radical (unpaired) electrons. The topological polar surface area (TPSA) is 122 Å². The van der Waals surface area contributed by atoms with Gasteiger partial charge in [-0.2, -0.15) is 0 Å². The van der Waals surface area contributed by atoms with Gasteiger partial charge in [0.05, 0.1) is 11.0 Å². The van der Waals surface area contributed by atoms with Gasteiger partial charge in [0.15, 0.2) is 9.84 Å². The number of carbonyl (C=O) groups excluding carboxylic acids is 2. The fourth-order valence-electron chi connectivity index (χ4n) is 3.29. The molecule has 4 N–H and O–H groups in total. The molecule has 0 bridgehead atoms. The predicted octanol–water partition coefficient (Wildman–Crippen LogP) is 1.47. The summed E-state index contributed by atoms with van der Waals surface area (Å²) in [6, 6.07) is 13.7. The summed E-state index contributed by atoms with van der Waals surface area (Å²) in [5, 5.41) is 2.13. The molecule has 1 aliphatic rings. The monoisotopic (exact) mass is 416 g/mol. The van der Waals surface area contributed by atoms with E-state index in [9.17, 15) is 18.0 Å². The van der Waals surface area contributed by atoms with Crippen LogP contribution in [0.3, 0.4) is 0 Å². The van der Waals surface area contributed by atoms with Crippen molar-refractivity contribution in [1.29, 1.82) is 0 Å². The average molecular weight is 417 g/mol. The van der Waals surface area contributed by atoms with E-state index in [1.807, 2.05) is 25.1 Å². The van der Waals surface area contributed by atoms with Crippen LogP contribution in [0.15, 0.2) is 48.5 Å². The van der Waals surface area contributed by atoms with Crippen LogP contribution in [0.2, 0.25) is 0 Å². The van der Waals surface area contributed by atoms with Gasteiger partial charge in [0, 0.05) is 24.3 Å². The predicted molar refractivity (Wildman–Crippen MR) is 111 cm³/mol. The SMILES string of the molecule is Cc1cccc(NC(=O)N2CCS(=O)(=O)C(Cc3ccc(C(=O)NN)cc3)C2)c1. The Morgan fingerprint density at radius 3 is 2.55 bits per heavy atom. The summed E-state index contributed by atoms with van der Waals surface area (Å²) in [5.74, 6) is 4.62. The minimum Gasteiger partial charge on any atom is -0.322 e. The Morgan fingerprint density at radius 2 is 1.90 bits per heavy atom. The number of hydrogen-bond acceptors (Lipinski definition) is 5. The van der Waals surface area contributed by atoms with Gasteiger partial charge in [-0.25, -0.2) is 19.1 Å². The van der Waals surface area contributed by atoms with Gasteiger partial charge in [0.25, 0.3) is 5.91 Å². The maximum atomic E-state index is 12.6. The highest BCUT2D eigenvalue weighted by atomic mass is 32.2. The van der Waals surface area contributed by atoms with Crippen LogP contribution in [0, 0.1) is 6.92 Å². The molecular weight excluding hydrogens is 392 g/mol. The quantitative estimate of drug-likeness (QED) is 0.396. The van der Waals surface area contributed by atoms with E-state index in [4.69, 9.17) is 5.84 Å². The summed E-state index contributed by atoms with van der Waals surface area (Å²) in [7, 11) is -3.32. The van der Waals surface area contributed by atoms with Crippen molar-refractivity contribution in [1.82, 2.24) is 10.3 Å². The number of benzene rings is 2. The van der Waals surface area contributed by atoms with E-state index in [0.29, 0.717) is 11.3 Å². The molecule has 1 aliphatic heterocycles. The van der Waals surface area contributed by atoms with Crippen molar-refractivity contribution in [2.75, 3.05) is 24.2 Å². The minimum atomic E-state index is -3.32. The smallest absolute Gasteiger partial charge is 0.321 e. The standard InChI is InChI=1S/C20H24N4O4S/c1-14-3-2-4-17(11-14)22-20(26)24-9-10-29(27,28)18(13-24)12-15-5-7-16(8-6-15)19(25)23-21/h2-8,11,18H,9-10,12-13,21H2,1H3,(H,22,26)(H,23,25). The Bertz CT molecular complexity index is 1010. The number of carbonyl (C=O) groups is 2. The van der Waals surface area contributed by atoms with Crippen molar-refractivity contribution >= 4 is 27.5 Å². The normalized spacial score (nSPS) is 18.1. The summed E-state index contributed by atoms with van der Waals surface area (Å²) in [6.45, 7) is 2.21. The highest BCUT2D eigenvalue weighted by Crippen LogP contribution is 2.19. The number of nitrogens with two attached hydrogens (primary N) is 1. The van der Waals surface area contributed by atoms with E-state index in [1.54, 1.807) is 30.3 Å². The number of nitrogens with zero attached hydrogens (tertiary/aromatic N) is 1. The lowest BCUT2D eigenvalue weighted by molar-refractivity contribution is 0.0953. The lowest BCUT2D eigenvalue weighted by Gasteiger charge is -2.32. The molecule has 0 spiro atoms. The Kier molecular flexibility index (Phi) is 6.19. The van der Waals surface area contributed by atoms with Crippen molar-refractivity contribution in [3.05, 3.63) is 65.2 Å². The molecule has 2 aromatic carbocycles. The summed E-state index contributed by atoms with van der Waals surface area (Å²) < 4.78 is 25.1. The number of hydrazine groups is 1. The summed E-state index contributed by atoms with van der Waals surface area (Å²) in [4.78, 5) is 25.7. The third-order valence-electron chi connectivity index (χ3n) is 4.94. The van der Waals surface area contributed by atoms with Crippen LogP contribution < -0.4 is 16.6 Å². The van der Waals surface area contributed by atoms with Gasteiger partial charge in [-0.3, -0.25) is 10.2 Å². The summed E-state index contributed by atoms with van der Waals surface area (Å²) in [6.07, 6.45) is 0.265. The first kappa shape index (κ1) is 20.8. The van der Waals surface area contributed by atoms with Gasteiger partial charge in [-0.1, -0.05) is 24.3 Å². The van der Waals surface area contributed by atoms with E-state index in [1.165, 1.54) is 4.90 Å². The lowest BCUT2D eigenvalue weighted by atomic mass is 10.1. The molecule has 0 saturated carbocycles. The van der Waals surface area contributed by atoms with E-state index in [2.05, 4.69) is 10.7 Å². The maximum Gasteiger partial charge on any atom is 0.321 e. The number of anilines is 1. The lowest BCUT2D eigenvalue weighted by Crippen LogP contribution is -2.51. The van der Waals surface area contributed by atoms with Gasteiger partial charge in [0.2, 0.25) is 0 Å².